The highest BCUT2D eigenvalue weighted by molar-refractivity contribution is 7.98. The van der Waals surface area contributed by atoms with Crippen molar-refractivity contribution in [2.75, 3.05) is 38.0 Å². The third-order valence-corrected chi connectivity index (χ3v) is 4.54. The Hall–Kier alpha value is -0.790. The molecule has 0 aliphatic heterocycles. The van der Waals surface area contributed by atoms with Gasteiger partial charge in [-0.25, -0.2) is 17.7 Å². The van der Waals surface area contributed by atoms with Crippen LogP contribution in [0.2, 0.25) is 0 Å². The highest BCUT2D eigenvalue weighted by Crippen LogP contribution is 2.13. The van der Waals surface area contributed by atoms with Crippen molar-refractivity contribution in [3.8, 4) is 0 Å². The Morgan fingerprint density at radius 3 is 2.59 bits per heavy atom. The first-order valence-electron chi connectivity index (χ1n) is 5.10. The summed E-state index contributed by atoms with van der Waals surface area (Å²) in [6, 6.07) is 3.24. The number of sulfonamides is 1. The summed E-state index contributed by atoms with van der Waals surface area (Å²) in [7, 11) is -0.380. The fourth-order valence-electron chi connectivity index (χ4n) is 1.13. The van der Waals surface area contributed by atoms with Crippen molar-refractivity contribution < 1.29 is 8.42 Å². The molecule has 1 N–H and O–H groups in total. The molecule has 96 valence electrons. The zero-order valence-electron chi connectivity index (χ0n) is 10.2. The molecule has 0 fully saturated rings. The van der Waals surface area contributed by atoms with Crippen molar-refractivity contribution in [3.05, 3.63) is 18.3 Å². The third kappa shape index (κ3) is 3.86. The first kappa shape index (κ1) is 14.3. The van der Waals surface area contributed by atoms with E-state index in [1.165, 1.54) is 24.6 Å². The number of nitrogens with one attached hydrogen (secondary N) is 1. The monoisotopic (exact) mass is 275 g/mol. The summed E-state index contributed by atoms with van der Waals surface area (Å²) >= 11 is 1.74. The summed E-state index contributed by atoms with van der Waals surface area (Å²) in [5, 5.41) is 3.11. The van der Waals surface area contributed by atoms with Crippen LogP contribution in [0.15, 0.2) is 23.2 Å². The quantitative estimate of drug-likeness (QED) is 0.788. The number of pyridine rings is 1. The topological polar surface area (TPSA) is 62.3 Å². The van der Waals surface area contributed by atoms with Gasteiger partial charge in [-0.3, -0.25) is 0 Å². The number of anilines is 1. The molecule has 0 aliphatic carbocycles. The molecular formula is C10H17N3O2S2. The maximum atomic E-state index is 11.8. The van der Waals surface area contributed by atoms with Crippen molar-refractivity contribution in [3.63, 3.8) is 0 Å². The summed E-state index contributed by atoms with van der Waals surface area (Å²) in [6.45, 7) is 0.813. The van der Waals surface area contributed by atoms with Gasteiger partial charge in [0.25, 0.3) is 0 Å². The van der Waals surface area contributed by atoms with Gasteiger partial charge >= 0.3 is 0 Å². The average molecular weight is 275 g/mol. The average Bonchev–Trinajstić information content (AvgIpc) is 2.30. The van der Waals surface area contributed by atoms with Gasteiger partial charge in [0.2, 0.25) is 10.0 Å². The van der Waals surface area contributed by atoms with Crippen LogP contribution in [-0.2, 0) is 10.0 Å². The summed E-state index contributed by atoms with van der Waals surface area (Å²) in [5.41, 5.74) is 0. The maximum Gasteiger partial charge on any atom is 0.244 e. The van der Waals surface area contributed by atoms with Crippen LogP contribution in [-0.4, -0.2) is 50.4 Å². The lowest BCUT2D eigenvalue weighted by molar-refractivity contribution is 0.520. The Morgan fingerprint density at radius 2 is 2.12 bits per heavy atom. The van der Waals surface area contributed by atoms with E-state index in [-0.39, 0.29) is 4.90 Å². The lowest BCUT2D eigenvalue weighted by Gasteiger charge is -2.11. The fourth-order valence-corrected chi connectivity index (χ4v) is 2.28. The highest BCUT2D eigenvalue weighted by atomic mass is 32.2. The first-order valence-corrected chi connectivity index (χ1v) is 7.93. The zero-order chi connectivity index (χ0) is 12.9. The molecule has 0 amide bonds. The van der Waals surface area contributed by atoms with E-state index in [4.69, 9.17) is 0 Å². The number of hydrogen-bond acceptors (Lipinski definition) is 5. The summed E-state index contributed by atoms with van der Waals surface area (Å²) in [4.78, 5) is 4.28. The van der Waals surface area contributed by atoms with Crippen molar-refractivity contribution in [1.82, 2.24) is 9.29 Å². The van der Waals surface area contributed by atoms with E-state index < -0.39 is 10.0 Å². The summed E-state index contributed by atoms with van der Waals surface area (Å²) in [6.07, 6.45) is 3.40. The van der Waals surface area contributed by atoms with E-state index in [9.17, 15) is 8.42 Å². The van der Waals surface area contributed by atoms with Crippen LogP contribution < -0.4 is 5.32 Å². The van der Waals surface area contributed by atoms with E-state index in [0.29, 0.717) is 5.82 Å². The van der Waals surface area contributed by atoms with E-state index in [0.717, 1.165) is 12.3 Å². The molecule has 5 nitrogen and oxygen atoms in total. The molecule has 7 heteroatoms. The highest BCUT2D eigenvalue weighted by Gasteiger charge is 2.16. The second-order valence-corrected chi connectivity index (χ2v) is 6.72. The summed E-state index contributed by atoms with van der Waals surface area (Å²) < 4.78 is 24.7. The van der Waals surface area contributed by atoms with Crippen molar-refractivity contribution in [1.29, 1.82) is 0 Å². The molecule has 1 rings (SSSR count). The molecule has 1 heterocycles. The van der Waals surface area contributed by atoms with Gasteiger partial charge in [0.15, 0.2) is 0 Å². The van der Waals surface area contributed by atoms with E-state index in [1.807, 2.05) is 6.26 Å². The molecule has 0 aromatic carbocycles. The second kappa shape index (κ2) is 6.23. The molecule has 17 heavy (non-hydrogen) atoms. The van der Waals surface area contributed by atoms with Gasteiger partial charge in [-0.05, 0) is 18.4 Å². The predicted octanol–water partition coefficient (Wildman–Crippen LogP) is 1.11. The lowest BCUT2D eigenvalue weighted by Crippen LogP contribution is -2.22. The van der Waals surface area contributed by atoms with Crippen LogP contribution in [0.3, 0.4) is 0 Å². The first-order chi connectivity index (χ1) is 7.98. The van der Waals surface area contributed by atoms with E-state index in [1.54, 1.807) is 23.9 Å². The molecule has 0 radical (unpaired) electrons. The van der Waals surface area contributed by atoms with Crippen LogP contribution in [0.1, 0.15) is 0 Å². The number of nitrogens with zero attached hydrogens (tertiary/aromatic N) is 2. The SMILES string of the molecule is CSCCNc1ccc(S(=O)(=O)N(C)C)cn1. The van der Waals surface area contributed by atoms with Crippen LogP contribution in [0.5, 0.6) is 0 Å². The largest absolute Gasteiger partial charge is 0.369 e. The van der Waals surface area contributed by atoms with Crippen LogP contribution in [0, 0.1) is 0 Å². The Kier molecular flexibility index (Phi) is 5.23. The molecule has 1 aromatic rings. The van der Waals surface area contributed by atoms with E-state index >= 15 is 0 Å². The molecule has 0 bridgehead atoms. The van der Waals surface area contributed by atoms with Gasteiger partial charge in [0, 0.05) is 32.6 Å². The molecule has 0 saturated heterocycles. The van der Waals surface area contributed by atoms with Crippen molar-refractivity contribution in [2.24, 2.45) is 0 Å². The van der Waals surface area contributed by atoms with Gasteiger partial charge in [0.1, 0.15) is 10.7 Å². The van der Waals surface area contributed by atoms with Gasteiger partial charge in [-0.1, -0.05) is 0 Å². The minimum absolute atomic E-state index is 0.206. The number of hydrogen-bond donors (Lipinski definition) is 1. The van der Waals surface area contributed by atoms with E-state index in [2.05, 4.69) is 10.3 Å². The Morgan fingerprint density at radius 1 is 1.41 bits per heavy atom. The Bertz CT molecular complexity index is 443. The zero-order valence-corrected chi connectivity index (χ0v) is 11.8. The minimum Gasteiger partial charge on any atom is -0.369 e. The Labute approximate surface area is 107 Å². The van der Waals surface area contributed by atoms with Gasteiger partial charge in [-0.2, -0.15) is 11.8 Å². The molecule has 0 aliphatic rings. The number of aromatic nitrogens is 1. The van der Waals surface area contributed by atoms with Crippen molar-refractivity contribution >= 4 is 27.6 Å². The number of rotatable bonds is 6. The third-order valence-electron chi connectivity index (χ3n) is 2.13. The van der Waals surface area contributed by atoms with Crippen molar-refractivity contribution in [2.45, 2.75) is 4.90 Å². The molecule has 0 unspecified atom stereocenters. The molecule has 0 atom stereocenters. The van der Waals surface area contributed by atoms with Gasteiger partial charge in [-0.15, -0.1) is 0 Å². The second-order valence-electron chi connectivity index (χ2n) is 3.59. The van der Waals surface area contributed by atoms with Crippen LogP contribution in [0.25, 0.3) is 0 Å². The van der Waals surface area contributed by atoms with Crippen LogP contribution >= 0.6 is 11.8 Å². The number of thioether (sulfide) groups is 1. The predicted molar refractivity (Wildman–Crippen MR) is 72.0 cm³/mol. The molecular weight excluding hydrogens is 258 g/mol. The van der Waals surface area contributed by atoms with Gasteiger partial charge in [0.05, 0.1) is 0 Å². The standard InChI is InChI=1S/C10H17N3O2S2/c1-13(2)17(14,15)9-4-5-10(12-8-9)11-6-7-16-3/h4-5,8H,6-7H2,1-3H3,(H,11,12). The van der Waals surface area contributed by atoms with Gasteiger partial charge < -0.3 is 5.32 Å². The Balaban J connectivity index is 2.75. The normalized spacial score (nSPS) is 11.8. The maximum absolute atomic E-state index is 11.8. The lowest BCUT2D eigenvalue weighted by atomic mass is 10.4. The van der Waals surface area contributed by atoms with Crippen LogP contribution in [0.4, 0.5) is 5.82 Å². The molecule has 1 aromatic heterocycles. The molecule has 0 saturated carbocycles. The summed E-state index contributed by atoms with van der Waals surface area (Å²) in [5.74, 6) is 1.68. The smallest absolute Gasteiger partial charge is 0.244 e. The molecule has 0 spiro atoms. The minimum atomic E-state index is -3.38. The fraction of sp³-hybridized carbons (Fsp3) is 0.500.